The van der Waals surface area contributed by atoms with Gasteiger partial charge in [-0.2, -0.15) is 0 Å². The summed E-state index contributed by atoms with van der Waals surface area (Å²) in [5, 5.41) is 10.1. The molecule has 2 atom stereocenters. The third-order valence-corrected chi connectivity index (χ3v) is 7.06. The first-order valence-corrected chi connectivity index (χ1v) is 13.9. The zero-order valence-corrected chi connectivity index (χ0v) is 24.0. The molecule has 0 radical (unpaired) electrons. The SMILES string of the molecule is C=C(/C=C\C)[C@@H]1CCO[P@](COc2cc(C)c(Cc3ccc(O)c(C(C)C)c3)c(C)c2)O1.C=C(C)C. The minimum atomic E-state index is -1.10. The van der Waals surface area contributed by atoms with E-state index in [1.807, 2.05) is 39.0 Å². The highest BCUT2D eigenvalue weighted by Gasteiger charge is 2.25. The Balaban J connectivity index is 0.00000106. The van der Waals surface area contributed by atoms with Crippen LogP contribution in [-0.2, 0) is 15.5 Å². The molecule has 196 valence electrons. The van der Waals surface area contributed by atoms with E-state index < -0.39 is 8.38 Å². The summed E-state index contributed by atoms with van der Waals surface area (Å²) in [5.41, 5.74) is 8.01. The molecular formula is C31H43O4P. The largest absolute Gasteiger partial charge is 0.508 e. The van der Waals surface area contributed by atoms with Crippen LogP contribution in [0.15, 0.2) is 66.8 Å². The van der Waals surface area contributed by atoms with Crippen LogP contribution < -0.4 is 4.74 Å². The third-order valence-electron chi connectivity index (χ3n) is 5.76. The number of rotatable bonds is 8. The number of ether oxygens (including phenoxy) is 1. The summed E-state index contributed by atoms with van der Waals surface area (Å²) >= 11 is 0. The third kappa shape index (κ3) is 9.24. The summed E-state index contributed by atoms with van der Waals surface area (Å²) in [5.74, 6) is 1.49. The van der Waals surface area contributed by atoms with E-state index in [1.165, 1.54) is 27.8 Å². The smallest absolute Gasteiger partial charge is 0.211 e. The van der Waals surface area contributed by atoms with Crippen LogP contribution in [0.2, 0.25) is 0 Å². The normalized spacial score (nSPS) is 17.6. The summed E-state index contributed by atoms with van der Waals surface area (Å²) < 4.78 is 17.9. The Morgan fingerprint density at radius 3 is 2.39 bits per heavy atom. The maximum absolute atomic E-state index is 10.1. The molecule has 1 fully saturated rings. The highest BCUT2D eigenvalue weighted by Crippen LogP contribution is 2.45. The Morgan fingerprint density at radius 1 is 1.17 bits per heavy atom. The van der Waals surface area contributed by atoms with Crippen LogP contribution in [0.5, 0.6) is 11.5 Å². The van der Waals surface area contributed by atoms with Crippen molar-refractivity contribution in [1.29, 1.82) is 0 Å². The number of phenols is 1. The molecule has 1 heterocycles. The molecule has 1 N–H and O–H groups in total. The quantitative estimate of drug-likeness (QED) is 0.219. The molecule has 1 saturated heterocycles. The fraction of sp³-hybridized carbons (Fsp3) is 0.419. The van der Waals surface area contributed by atoms with Gasteiger partial charge in [0.05, 0.1) is 12.7 Å². The summed E-state index contributed by atoms with van der Waals surface area (Å²) in [4.78, 5) is 0. The van der Waals surface area contributed by atoms with E-state index >= 15 is 0 Å². The van der Waals surface area contributed by atoms with Gasteiger partial charge in [-0.25, -0.2) is 0 Å². The fourth-order valence-electron chi connectivity index (χ4n) is 3.95. The van der Waals surface area contributed by atoms with E-state index in [-0.39, 0.29) is 12.0 Å². The molecule has 0 bridgehead atoms. The first kappa shape index (κ1) is 29.8. The van der Waals surface area contributed by atoms with Crippen molar-refractivity contribution >= 4 is 8.38 Å². The second-order valence-electron chi connectivity index (χ2n) is 9.86. The maximum atomic E-state index is 10.1. The van der Waals surface area contributed by atoms with Crippen molar-refractivity contribution in [3.8, 4) is 11.5 Å². The number of aryl methyl sites for hydroxylation is 2. The number of hydrogen-bond donors (Lipinski definition) is 1. The minimum Gasteiger partial charge on any atom is -0.508 e. The van der Waals surface area contributed by atoms with Crippen LogP contribution in [0.25, 0.3) is 0 Å². The lowest BCUT2D eigenvalue weighted by Gasteiger charge is -2.29. The van der Waals surface area contributed by atoms with E-state index in [0.717, 1.165) is 29.7 Å². The summed E-state index contributed by atoms with van der Waals surface area (Å²) in [6.45, 7) is 22.7. The highest BCUT2D eigenvalue weighted by molar-refractivity contribution is 7.47. The molecule has 2 aromatic rings. The van der Waals surface area contributed by atoms with Crippen LogP contribution in [0.3, 0.4) is 0 Å². The number of hydrogen-bond acceptors (Lipinski definition) is 4. The number of benzene rings is 2. The second-order valence-corrected chi connectivity index (χ2v) is 11.3. The molecule has 1 aliphatic heterocycles. The lowest BCUT2D eigenvalue weighted by Crippen LogP contribution is -2.21. The summed E-state index contributed by atoms with van der Waals surface area (Å²) in [6.07, 6.45) is 6.03. The van der Waals surface area contributed by atoms with Gasteiger partial charge in [0.1, 0.15) is 11.5 Å². The Hall–Kier alpha value is -2.39. The van der Waals surface area contributed by atoms with Crippen molar-refractivity contribution in [3.05, 3.63) is 94.6 Å². The molecule has 4 nitrogen and oxygen atoms in total. The van der Waals surface area contributed by atoms with Crippen LogP contribution >= 0.6 is 8.38 Å². The first-order chi connectivity index (χ1) is 17.0. The Bertz CT molecular complexity index is 1040. The molecule has 0 aliphatic carbocycles. The van der Waals surface area contributed by atoms with Gasteiger partial charge in [0.2, 0.25) is 8.38 Å². The van der Waals surface area contributed by atoms with Crippen molar-refractivity contribution in [1.82, 2.24) is 0 Å². The Labute approximate surface area is 219 Å². The van der Waals surface area contributed by atoms with Crippen molar-refractivity contribution in [3.63, 3.8) is 0 Å². The average molecular weight is 511 g/mol. The molecule has 2 aromatic carbocycles. The van der Waals surface area contributed by atoms with Crippen molar-refractivity contribution in [2.24, 2.45) is 0 Å². The van der Waals surface area contributed by atoms with Gasteiger partial charge in [0.25, 0.3) is 0 Å². The molecule has 0 amide bonds. The van der Waals surface area contributed by atoms with Gasteiger partial charge >= 0.3 is 0 Å². The monoisotopic (exact) mass is 510 g/mol. The molecule has 5 heteroatoms. The minimum absolute atomic E-state index is 0.00143. The van der Waals surface area contributed by atoms with Crippen molar-refractivity contribution in [2.45, 2.75) is 73.3 Å². The zero-order valence-electron chi connectivity index (χ0n) is 23.1. The van der Waals surface area contributed by atoms with Crippen LogP contribution in [0, 0.1) is 13.8 Å². The van der Waals surface area contributed by atoms with E-state index in [9.17, 15) is 5.11 Å². The molecular weight excluding hydrogens is 467 g/mol. The highest BCUT2D eigenvalue weighted by atomic mass is 31.2. The average Bonchev–Trinajstić information content (AvgIpc) is 2.81. The van der Waals surface area contributed by atoms with Gasteiger partial charge in [-0.05, 0) is 98.5 Å². The van der Waals surface area contributed by atoms with Gasteiger partial charge in [-0.3, -0.25) is 0 Å². The predicted molar refractivity (Wildman–Crippen MR) is 153 cm³/mol. The molecule has 0 aromatic heterocycles. The topological polar surface area (TPSA) is 47.9 Å². The van der Waals surface area contributed by atoms with E-state index in [2.05, 4.69) is 59.1 Å². The van der Waals surface area contributed by atoms with Crippen molar-refractivity contribution < 1.29 is 18.9 Å². The number of allylic oxidation sites excluding steroid dienone is 2. The number of aromatic hydroxyl groups is 1. The lowest BCUT2D eigenvalue weighted by atomic mass is 9.93. The van der Waals surface area contributed by atoms with E-state index in [4.69, 9.17) is 13.8 Å². The fourth-order valence-corrected chi connectivity index (χ4v) is 5.24. The van der Waals surface area contributed by atoms with Gasteiger partial charge in [-0.1, -0.05) is 50.3 Å². The van der Waals surface area contributed by atoms with Gasteiger partial charge in [0, 0.05) is 6.42 Å². The van der Waals surface area contributed by atoms with Crippen molar-refractivity contribution in [2.75, 3.05) is 13.0 Å². The molecule has 3 rings (SSSR count). The second kappa shape index (κ2) is 14.4. The molecule has 0 saturated carbocycles. The Kier molecular flexibility index (Phi) is 11.9. The standard InChI is InChI=1S/C27H35O4P.C4H8/c1-7-8-19(4)27-11-12-30-32(31-27)17-29-23-13-20(5)25(21(6)14-23)16-22-9-10-26(28)24(15-22)18(2)3;1-4(2)3/h7-10,13-15,18,27-28H,4,11-12,16-17H2,1-3,5-6H3;1H2,2-3H3/b8-7-;/t27-,32-;/m0./s1. The predicted octanol–water partition coefficient (Wildman–Crippen LogP) is 8.89. The van der Waals surface area contributed by atoms with Crippen LogP contribution in [0.4, 0.5) is 0 Å². The zero-order chi connectivity index (χ0) is 26.8. The molecule has 0 unspecified atom stereocenters. The molecule has 36 heavy (non-hydrogen) atoms. The summed E-state index contributed by atoms with van der Waals surface area (Å²) in [7, 11) is -1.10. The van der Waals surface area contributed by atoms with E-state index in [1.54, 1.807) is 6.07 Å². The molecule has 0 spiro atoms. The van der Waals surface area contributed by atoms with Gasteiger partial charge < -0.3 is 18.9 Å². The van der Waals surface area contributed by atoms with Gasteiger partial charge in [-0.15, -0.1) is 6.58 Å². The molecule has 1 aliphatic rings. The maximum Gasteiger partial charge on any atom is 0.211 e. The summed E-state index contributed by atoms with van der Waals surface area (Å²) in [6, 6.07) is 10.1. The van der Waals surface area contributed by atoms with Crippen LogP contribution in [0.1, 0.15) is 74.8 Å². The first-order valence-electron chi connectivity index (χ1n) is 12.6. The van der Waals surface area contributed by atoms with E-state index in [0.29, 0.717) is 18.7 Å². The Morgan fingerprint density at radius 2 is 1.81 bits per heavy atom. The van der Waals surface area contributed by atoms with Gasteiger partial charge in [0.15, 0.2) is 6.35 Å². The van der Waals surface area contributed by atoms with Crippen LogP contribution in [-0.4, -0.2) is 24.2 Å². The number of phenolic OH excluding ortho intramolecular Hbond substituents is 1. The lowest BCUT2D eigenvalue weighted by molar-refractivity contribution is 0.124.